The first-order valence-corrected chi connectivity index (χ1v) is 17.6. The van der Waals surface area contributed by atoms with Crippen molar-refractivity contribution in [3.63, 3.8) is 0 Å². The largest absolute Gasteiger partial charge is 0.360 e. The van der Waals surface area contributed by atoms with E-state index in [1.54, 1.807) is 0 Å². The number of amidine groups is 1. The number of allylic oxidation sites excluding steroid dienone is 8. The van der Waals surface area contributed by atoms with E-state index in [4.69, 9.17) is 15.0 Å². The first-order valence-electron chi connectivity index (χ1n) is 17.6. The Kier molecular flexibility index (Phi) is 8.04. The molecule has 0 saturated carbocycles. The molecule has 4 nitrogen and oxygen atoms in total. The van der Waals surface area contributed by atoms with Crippen LogP contribution >= 0.6 is 0 Å². The van der Waals surface area contributed by atoms with Gasteiger partial charge in [-0.15, -0.1) is 0 Å². The van der Waals surface area contributed by atoms with Crippen molar-refractivity contribution in [1.29, 1.82) is 0 Å². The Bertz CT molecular complexity index is 2000. The zero-order valence-electron chi connectivity index (χ0n) is 28.5. The van der Waals surface area contributed by atoms with Crippen molar-refractivity contribution in [2.45, 2.75) is 77.7 Å². The molecule has 1 N–H and O–H groups in total. The fraction of sp³-hybridized carbons (Fsp3) is 0.295. The van der Waals surface area contributed by atoms with Gasteiger partial charge < -0.3 is 5.32 Å². The Morgan fingerprint density at radius 3 is 2.35 bits per heavy atom. The Morgan fingerprint density at radius 2 is 1.56 bits per heavy atom. The number of hydrogen-bond acceptors (Lipinski definition) is 4. The number of rotatable bonds is 5. The van der Waals surface area contributed by atoms with Crippen LogP contribution in [0, 0.1) is 33.6 Å². The molecular formula is C44H44N4. The highest BCUT2D eigenvalue weighted by Crippen LogP contribution is 2.43. The molecule has 4 heteroatoms. The maximum absolute atomic E-state index is 5.36. The lowest BCUT2D eigenvalue weighted by Crippen LogP contribution is -2.40. The maximum atomic E-state index is 5.36. The summed E-state index contributed by atoms with van der Waals surface area (Å²) in [6, 6.07) is 16.1. The van der Waals surface area contributed by atoms with E-state index < -0.39 is 0 Å². The predicted molar refractivity (Wildman–Crippen MR) is 199 cm³/mol. The molecule has 4 atom stereocenters. The van der Waals surface area contributed by atoms with Crippen molar-refractivity contribution < 1.29 is 0 Å². The number of aromatic nitrogens is 2. The van der Waals surface area contributed by atoms with Crippen molar-refractivity contribution in [2.24, 2.45) is 10.9 Å². The summed E-state index contributed by atoms with van der Waals surface area (Å²) in [5.74, 6) is 2.09. The zero-order chi connectivity index (χ0) is 32.8. The van der Waals surface area contributed by atoms with Gasteiger partial charge in [-0.3, -0.25) is 9.97 Å². The Hall–Kier alpha value is -4.83. The zero-order valence-corrected chi connectivity index (χ0v) is 28.5. The second kappa shape index (κ2) is 12.6. The van der Waals surface area contributed by atoms with Crippen molar-refractivity contribution >= 4 is 17.6 Å². The van der Waals surface area contributed by atoms with Gasteiger partial charge in [0.1, 0.15) is 5.84 Å². The number of pyridine rings is 2. The number of benzene rings is 1. The standard InChI is InChI=1S/C44H44N4/c1-27-17-37(18-28(2)45-27)39-23-40(38-19-29(3)46-30(4)20-38)25-41(24-39)43-26-42(35-15-13-31-9-5-7-11-33(31)21-35)47-44(48-43)36-16-14-32-10-6-8-12-34(32)22-36/h5-6,8-10,12-13,15-22,24,26,32,39-40,43H,7,11,14,23,25H2,1-4H3,(H,47,48). The molecule has 0 saturated heterocycles. The molecule has 2 aromatic heterocycles. The third-order valence-corrected chi connectivity index (χ3v) is 10.5. The van der Waals surface area contributed by atoms with E-state index in [0.29, 0.717) is 17.8 Å². The molecule has 0 amide bonds. The van der Waals surface area contributed by atoms with Crippen LogP contribution in [-0.4, -0.2) is 21.8 Å². The minimum Gasteiger partial charge on any atom is -0.360 e. The van der Waals surface area contributed by atoms with Crippen LogP contribution in [0.1, 0.15) is 88.1 Å². The lowest BCUT2D eigenvalue weighted by atomic mass is 9.74. The Morgan fingerprint density at radius 1 is 0.792 bits per heavy atom. The highest BCUT2D eigenvalue weighted by Gasteiger charge is 2.31. The van der Waals surface area contributed by atoms with Crippen LogP contribution in [0.25, 0.3) is 11.8 Å². The minimum atomic E-state index is 0.0283. The van der Waals surface area contributed by atoms with E-state index >= 15 is 0 Å². The molecule has 4 unspecified atom stereocenters. The van der Waals surface area contributed by atoms with Crippen LogP contribution in [0.3, 0.4) is 0 Å². The molecule has 1 aromatic carbocycles. The molecule has 4 aliphatic carbocycles. The van der Waals surface area contributed by atoms with Crippen molar-refractivity contribution in [3.05, 3.63) is 164 Å². The minimum absolute atomic E-state index is 0.0283. The fourth-order valence-electron chi connectivity index (χ4n) is 8.23. The normalized spacial score (nSPS) is 24.4. The molecule has 5 aliphatic rings. The van der Waals surface area contributed by atoms with Crippen LogP contribution < -0.4 is 5.32 Å². The fourth-order valence-corrected chi connectivity index (χ4v) is 8.23. The smallest absolute Gasteiger partial charge is 0.134 e. The van der Waals surface area contributed by atoms with Crippen molar-refractivity contribution in [3.8, 4) is 0 Å². The molecule has 0 bridgehead atoms. The summed E-state index contributed by atoms with van der Waals surface area (Å²) in [6.45, 7) is 8.46. The second-order valence-corrected chi connectivity index (χ2v) is 14.2. The van der Waals surface area contributed by atoms with Gasteiger partial charge in [0.2, 0.25) is 0 Å². The van der Waals surface area contributed by atoms with Gasteiger partial charge in [0, 0.05) is 45.7 Å². The number of hydrogen-bond donors (Lipinski definition) is 1. The van der Waals surface area contributed by atoms with Gasteiger partial charge in [0.05, 0.1) is 11.7 Å². The van der Waals surface area contributed by atoms with Crippen molar-refractivity contribution in [1.82, 2.24) is 15.3 Å². The number of aryl methyl sites for hydroxylation is 5. The Balaban J connectivity index is 1.22. The van der Waals surface area contributed by atoms with Crippen LogP contribution in [-0.2, 0) is 6.42 Å². The van der Waals surface area contributed by atoms with Crippen LogP contribution in [0.2, 0.25) is 0 Å². The van der Waals surface area contributed by atoms with Gasteiger partial charge in [0.25, 0.3) is 0 Å². The van der Waals surface area contributed by atoms with Gasteiger partial charge in [-0.2, -0.15) is 0 Å². The van der Waals surface area contributed by atoms with Gasteiger partial charge in [-0.1, -0.05) is 60.7 Å². The number of fused-ring (bicyclic) bond motifs is 2. The summed E-state index contributed by atoms with van der Waals surface area (Å²) in [5, 5.41) is 3.95. The highest BCUT2D eigenvalue weighted by atomic mass is 15.1. The van der Waals surface area contributed by atoms with Crippen molar-refractivity contribution in [2.75, 3.05) is 0 Å². The van der Waals surface area contributed by atoms with E-state index in [9.17, 15) is 0 Å². The lowest BCUT2D eigenvalue weighted by molar-refractivity contribution is 0.526. The summed E-state index contributed by atoms with van der Waals surface area (Å²) in [6.07, 6.45) is 28.3. The molecule has 240 valence electrons. The molecule has 3 aromatic rings. The monoisotopic (exact) mass is 628 g/mol. The number of nitrogens with zero attached hydrogens (tertiary/aromatic N) is 3. The highest BCUT2D eigenvalue weighted by molar-refractivity contribution is 6.05. The SMILES string of the molecule is Cc1cc(C2C=C(C3C=C(c4ccc5c(c4)CCC=C5)N=C(C4=CCC5C=CC=CC5=C4)N3)CC(c3cc(C)nc(C)c3)C2)cc(C)n1. The van der Waals surface area contributed by atoms with E-state index in [1.807, 2.05) is 0 Å². The summed E-state index contributed by atoms with van der Waals surface area (Å²) in [5.41, 5.74) is 16.0. The third kappa shape index (κ3) is 6.24. The van der Waals surface area contributed by atoms with Gasteiger partial charge in [-0.05, 0) is 142 Å². The molecule has 0 spiro atoms. The maximum Gasteiger partial charge on any atom is 0.134 e. The Labute approximate surface area is 285 Å². The molecule has 48 heavy (non-hydrogen) atoms. The van der Waals surface area contributed by atoms with E-state index in [1.165, 1.54) is 44.5 Å². The molecule has 1 aliphatic heterocycles. The van der Waals surface area contributed by atoms with E-state index in [-0.39, 0.29) is 6.04 Å². The first-order chi connectivity index (χ1) is 23.3. The summed E-state index contributed by atoms with van der Waals surface area (Å²) in [7, 11) is 0. The predicted octanol–water partition coefficient (Wildman–Crippen LogP) is 9.67. The molecule has 0 fully saturated rings. The molecule has 8 rings (SSSR count). The van der Waals surface area contributed by atoms with Gasteiger partial charge in [-0.25, -0.2) is 4.99 Å². The molecule has 0 radical (unpaired) electrons. The number of nitrogens with one attached hydrogen (secondary N) is 1. The third-order valence-electron chi connectivity index (χ3n) is 10.5. The van der Waals surface area contributed by atoms with Crippen LogP contribution in [0.4, 0.5) is 0 Å². The summed E-state index contributed by atoms with van der Waals surface area (Å²) in [4.78, 5) is 14.8. The van der Waals surface area contributed by atoms with E-state index in [2.05, 4.69) is 136 Å². The van der Waals surface area contributed by atoms with Gasteiger partial charge in [0.15, 0.2) is 0 Å². The molecular weight excluding hydrogens is 585 g/mol. The quantitative estimate of drug-likeness (QED) is 0.286. The van der Waals surface area contributed by atoms with E-state index in [0.717, 1.165) is 66.4 Å². The topological polar surface area (TPSA) is 50.2 Å². The average Bonchev–Trinajstić information content (AvgIpc) is 3.10. The number of aliphatic imine (C=N–C) groups is 1. The summed E-state index contributed by atoms with van der Waals surface area (Å²) < 4.78 is 0. The molecule has 3 heterocycles. The van der Waals surface area contributed by atoms with Crippen LogP contribution in [0.5, 0.6) is 0 Å². The van der Waals surface area contributed by atoms with Crippen LogP contribution in [0.15, 0.2) is 119 Å². The first kappa shape index (κ1) is 30.5. The average molecular weight is 629 g/mol. The van der Waals surface area contributed by atoms with Gasteiger partial charge >= 0.3 is 0 Å². The second-order valence-electron chi connectivity index (χ2n) is 14.2. The lowest BCUT2D eigenvalue weighted by Gasteiger charge is -2.35. The summed E-state index contributed by atoms with van der Waals surface area (Å²) >= 11 is 0.